The van der Waals surface area contributed by atoms with Crippen LogP contribution in [0.25, 0.3) is 0 Å². The number of aryl methyl sites for hydroxylation is 2. The van der Waals surface area contributed by atoms with Gasteiger partial charge in [0.1, 0.15) is 0 Å². The van der Waals surface area contributed by atoms with E-state index in [1.807, 2.05) is 0 Å². The maximum Gasteiger partial charge on any atom is 0.0451 e. The smallest absolute Gasteiger partial charge is 0.0451 e. The molecule has 1 aromatic carbocycles. The quantitative estimate of drug-likeness (QED) is 0.613. The first kappa shape index (κ1) is 13.1. The lowest BCUT2D eigenvalue weighted by molar-refractivity contribution is 0.212. The maximum atomic E-state index is 3.98. The molecule has 0 saturated heterocycles. The summed E-state index contributed by atoms with van der Waals surface area (Å²) in [5.41, 5.74) is 4.72. The average molecular weight is 295 g/mol. The van der Waals surface area contributed by atoms with Gasteiger partial charge in [-0.3, -0.25) is 0 Å². The molecule has 0 nitrogen and oxygen atoms in total. The van der Waals surface area contributed by atoms with Crippen molar-refractivity contribution in [3.05, 3.63) is 34.9 Å². The van der Waals surface area contributed by atoms with E-state index in [0.29, 0.717) is 10.2 Å². The summed E-state index contributed by atoms with van der Waals surface area (Å²) in [5, 5.41) is 0. The predicted molar refractivity (Wildman–Crippen MR) is 78.8 cm³/mol. The number of hydrogen-bond donors (Lipinski definition) is 0. The molecule has 1 aromatic rings. The van der Waals surface area contributed by atoms with Crippen molar-refractivity contribution in [2.75, 3.05) is 0 Å². The summed E-state index contributed by atoms with van der Waals surface area (Å²) in [6, 6.07) is 6.85. The van der Waals surface area contributed by atoms with Crippen molar-refractivity contribution in [1.29, 1.82) is 0 Å². The molecule has 1 aliphatic carbocycles. The first-order chi connectivity index (χ1) is 8.03. The zero-order chi connectivity index (χ0) is 12.5. The number of benzene rings is 1. The molecule has 0 aliphatic heterocycles. The van der Waals surface area contributed by atoms with Gasteiger partial charge in [0.2, 0.25) is 0 Å². The van der Waals surface area contributed by atoms with Crippen molar-refractivity contribution in [2.45, 2.75) is 57.7 Å². The Morgan fingerprint density at radius 1 is 1.12 bits per heavy atom. The van der Waals surface area contributed by atoms with Gasteiger partial charge in [-0.05, 0) is 43.2 Å². The Hall–Kier alpha value is -0.300. The minimum atomic E-state index is 0.443. The second-order valence-corrected chi connectivity index (χ2v) is 6.85. The summed E-state index contributed by atoms with van der Waals surface area (Å²) in [6.45, 7) is 6.86. The van der Waals surface area contributed by atoms with E-state index in [4.69, 9.17) is 0 Å². The topological polar surface area (TPSA) is 0 Å². The van der Waals surface area contributed by atoms with Crippen LogP contribution in [0.3, 0.4) is 0 Å². The van der Waals surface area contributed by atoms with Gasteiger partial charge >= 0.3 is 0 Å². The number of rotatable bonds is 2. The molecule has 0 bridgehead atoms. The molecule has 17 heavy (non-hydrogen) atoms. The Kier molecular flexibility index (Phi) is 3.97. The fourth-order valence-electron chi connectivity index (χ4n) is 3.10. The lowest BCUT2D eigenvalue weighted by Gasteiger charge is -2.38. The largest absolute Gasteiger partial charge is 0.0833 e. The molecule has 0 aromatic heterocycles. The normalized spacial score (nSPS) is 21.2. The molecular weight excluding hydrogens is 272 g/mol. The summed E-state index contributed by atoms with van der Waals surface area (Å²) in [4.78, 5) is 0.510. The van der Waals surface area contributed by atoms with Crippen LogP contribution in [-0.2, 0) is 0 Å². The van der Waals surface area contributed by atoms with Crippen LogP contribution in [0.15, 0.2) is 18.2 Å². The van der Waals surface area contributed by atoms with Gasteiger partial charge in [0, 0.05) is 4.83 Å². The SMILES string of the molecule is Cc1ccc(C(Br)C2(C)CCCCC2)c(C)c1. The Labute approximate surface area is 114 Å². The van der Waals surface area contributed by atoms with E-state index in [0.717, 1.165) is 0 Å². The fourth-order valence-corrected chi connectivity index (χ4v) is 4.07. The van der Waals surface area contributed by atoms with E-state index in [9.17, 15) is 0 Å². The van der Waals surface area contributed by atoms with Gasteiger partial charge < -0.3 is 0 Å². The Bertz CT molecular complexity index is 389. The van der Waals surface area contributed by atoms with Crippen LogP contribution >= 0.6 is 15.9 Å². The Morgan fingerprint density at radius 3 is 2.35 bits per heavy atom. The van der Waals surface area contributed by atoms with Gasteiger partial charge in [-0.2, -0.15) is 0 Å². The molecular formula is C16H23Br. The molecule has 1 fully saturated rings. The third-order valence-electron chi connectivity index (χ3n) is 4.31. The zero-order valence-corrected chi connectivity index (χ0v) is 12.8. The van der Waals surface area contributed by atoms with Gasteiger partial charge in [0.15, 0.2) is 0 Å². The highest BCUT2D eigenvalue weighted by Gasteiger charge is 2.35. The van der Waals surface area contributed by atoms with E-state index in [1.165, 1.54) is 48.8 Å². The summed E-state index contributed by atoms with van der Waals surface area (Å²) < 4.78 is 0. The molecule has 94 valence electrons. The average Bonchev–Trinajstić information content (AvgIpc) is 2.29. The summed E-state index contributed by atoms with van der Waals surface area (Å²) in [5.74, 6) is 0. The molecule has 2 rings (SSSR count). The predicted octanol–water partition coefficient (Wildman–Crippen LogP) is 5.71. The molecule has 1 atom stereocenters. The second kappa shape index (κ2) is 5.14. The van der Waals surface area contributed by atoms with Crippen LogP contribution in [0.5, 0.6) is 0 Å². The van der Waals surface area contributed by atoms with Crippen LogP contribution in [-0.4, -0.2) is 0 Å². The van der Waals surface area contributed by atoms with Gasteiger partial charge in [-0.1, -0.05) is 65.9 Å². The highest BCUT2D eigenvalue weighted by Crippen LogP contribution is 2.50. The van der Waals surface area contributed by atoms with Crippen LogP contribution in [0.2, 0.25) is 0 Å². The monoisotopic (exact) mass is 294 g/mol. The summed E-state index contributed by atoms with van der Waals surface area (Å²) in [7, 11) is 0. The van der Waals surface area contributed by atoms with Gasteiger partial charge in [0.25, 0.3) is 0 Å². The molecule has 0 heterocycles. The second-order valence-electron chi connectivity index (χ2n) is 5.94. The van der Waals surface area contributed by atoms with Crippen molar-refractivity contribution in [1.82, 2.24) is 0 Å². The highest BCUT2D eigenvalue weighted by atomic mass is 79.9. The van der Waals surface area contributed by atoms with Crippen LogP contribution in [0, 0.1) is 19.3 Å². The first-order valence-electron chi connectivity index (χ1n) is 6.74. The van der Waals surface area contributed by atoms with E-state index < -0.39 is 0 Å². The van der Waals surface area contributed by atoms with Gasteiger partial charge in [-0.15, -0.1) is 0 Å². The summed E-state index contributed by atoms with van der Waals surface area (Å²) in [6.07, 6.45) is 6.92. The minimum Gasteiger partial charge on any atom is -0.0833 e. The summed E-state index contributed by atoms with van der Waals surface area (Å²) >= 11 is 3.98. The zero-order valence-electron chi connectivity index (χ0n) is 11.2. The number of halogens is 1. The molecule has 0 spiro atoms. The maximum absolute atomic E-state index is 3.98. The van der Waals surface area contributed by atoms with E-state index in [2.05, 4.69) is 54.9 Å². The first-order valence-corrected chi connectivity index (χ1v) is 7.66. The molecule has 1 heteroatoms. The third kappa shape index (κ3) is 2.76. The molecule has 0 N–H and O–H groups in total. The van der Waals surface area contributed by atoms with Gasteiger partial charge in [-0.25, -0.2) is 0 Å². The number of hydrogen-bond acceptors (Lipinski definition) is 0. The van der Waals surface area contributed by atoms with E-state index in [1.54, 1.807) is 0 Å². The van der Waals surface area contributed by atoms with E-state index in [-0.39, 0.29) is 0 Å². The van der Waals surface area contributed by atoms with Crippen LogP contribution < -0.4 is 0 Å². The van der Waals surface area contributed by atoms with Crippen molar-refractivity contribution < 1.29 is 0 Å². The molecule has 0 radical (unpaired) electrons. The van der Waals surface area contributed by atoms with Crippen molar-refractivity contribution in [3.8, 4) is 0 Å². The van der Waals surface area contributed by atoms with Crippen LogP contribution in [0.1, 0.15) is 60.5 Å². The molecule has 1 unspecified atom stereocenters. The Balaban J connectivity index is 2.26. The lowest BCUT2D eigenvalue weighted by atomic mass is 9.71. The fraction of sp³-hybridized carbons (Fsp3) is 0.625. The highest BCUT2D eigenvalue weighted by molar-refractivity contribution is 9.09. The van der Waals surface area contributed by atoms with Crippen molar-refractivity contribution in [2.24, 2.45) is 5.41 Å². The van der Waals surface area contributed by atoms with E-state index >= 15 is 0 Å². The third-order valence-corrected chi connectivity index (χ3v) is 5.90. The van der Waals surface area contributed by atoms with Crippen LogP contribution in [0.4, 0.5) is 0 Å². The molecule has 0 amide bonds. The van der Waals surface area contributed by atoms with Crippen molar-refractivity contribution >= 4 is 15.9 Å². The minimum absolute atomic E-state index is 0.443. The van der Waals surface area contributed by atoms with Crippen molar-refractivity contribution in [3.63, 3.8) is 0 Å². The molecule has 1 aliphatic rings. The standard InChI is InChI=1S/C16H23Br/c1-12-7-8-14(13(2)11-12)15(17)16(3)9-5-4-6-10-16/h7-8,11,15H,4-6,9-10H2,1-3H3. The van der Waals surface area contributed by atoms with Gasteiger partial charge in [0.05, 0.1) is 0 Å². The molecule has 1 saturated carbocycles. The lowest BCUT2D eigenvalue weighted by Crippen LogP contribution is -2.25. The number of alkyl halides is 1. The Morgan fingerprint density at radius 2 is 1.76 bits per heavy atom.